The van der Waals surface area contributed by atoms with Crippen LogP contribution in [-0.4, -0.2) is 70.7 Å². The molecule has 0 bridgehead atoms. The van der Waals surface area contributed by atoms with E-state index in [1.807, 2.05) is 0 Å². The molecule has 0 aliphatic heterocycles. The lowest BCUT2D eigenvalue weighted by Crippen LogP contribution is -2.50. The van der Waals surface area contributed by atoms with E-state index in [0.717, 1.165) is 0 Å². The van der Waals surface area contributed by atoms with E-state index < -0.39 is 37.1 Å². The molecule has 14 heavy (non-hydrogen) atoms. The molecule has 0 rings (SSSR count). The van der Waals surface area contributed by atoms with Crippen molar-refractivity contribution in [3.05, 3.63) is 0 Å². The summed E-state index contributed by atoms with van der Waals surface area (Å²) in [5.74, 6) is 0. The third kappa shape index (κ3) is 3.53. The summed E-state index contributed by atoms with van der Waals surface area (Å²) in [6.45, 7) is 0.582. The summed E-state index contributed by atoms with van der Waals surface area (Å²) in [5, 5.41) is 45.2. The second kappa shape index (κ2) is 6.33. The Morgan fingerprint density at radius 2 is 1.64 bits per heavy atom. The lowest BCUT2D eigenvalue weighted by molar-refractivity contribution is -0.127. The maximum Gasteiger partial charge on any atom is 0.283 e. The van der Waals surface area contributed by atoms with Crippen LogP contribution < -0.4 is 0 Å². The van der Waals surface area contributed by atoms with Crippen LogP contribution in [0.25, 0.3) is 0 Å². The van der Waals surface area contributed by atoms with E-state index in [9.17, 15) is 10.2 Å². The monoisotopic (exact) mass is 206 g/mol. The van der Waals surface area contributed by atoms with E-state index in [1.54, 1.807) is 0 Å². The number of rotatable bonds is 6. The number of aliphatic hydroxyl groups excluding tert-OH is 5. The second-order valence-electron chi connectivity index (χ2n) is 3.07. The normalized spacial score (nSPS) is 22.4. The van der Waals surface area contributed by atoms with Crippen LogP contribution in [0.1, 0.15) is 6.92 Å². The molecule has 0 fully saturated rings. The van der Waals surface area contributed by atoms with Gasteiger partial charge in [0.1, 0.15) is 18.3 Å². The highest BCUT2D eigenvalue weighted by Gasteiger charge is 2.33. The zero-order valence-electron chi connectivity index (χ0n) is 7.82. The molecule has 0 spiro atoms. The van der Waals surface area contributed by atoms with Gasteiger partial charge in [-0.05, 0) is 6.92 Å². The molecule has 0 aliphatic rings. The number of aliphatic hydroxyl groups is 5. The molecule has 0 aromatic heterocycles. The number of hydrogen-bond donors (Lipinski definition) is 5. The molecule has 0 aromatic rings. The first-order chi connectivity index (χ1) is 6.45. The van der Waals surface area contributed by atoms with Crippen LogP contribution in [-0.2, 0) is 4.65 Å². The van der Waals surface area contributed by atoms with Crippen molar-refractivity contribution in [1.82, 2.24) is 0 Å². The Bertz CT molecular complexity index is 155. The van der Waals surface area contributed by atoms with E-state index in [-0.39, 0.29) is 0 Å². The molecule has 0 amide bonds. The predicted octanol–water partition coefficient (Wildman–Crippen LogP) is -3.09. The minimum absolute atomic E-state index is 0.675. The van der Waals surface area contributed by atoms with E-state index in [0.29, 0.717) is 0 Å². The molecule has 82 valence electrons. The summed E-state index contributed by atoms with van der Waals surface area (Å²) >= 11 is 0. The summed E-state index contributed by atoms with van der Waals surface area (Å²) in [6.07, 6.45) is -7.08. The highest BCUT2D eigenvalue weighted by atomic mass is 16.5. The standard InChI is InChI=1S/C7H15BO6/c1-3(10)5(12)6(13)7(14-8)4(11)2-9/h3-7,9-13H,2H2,1H3/t3-,4?,5?,6-,7?/m0/s1. The van der Waals surface area contributed by atoms with Crippen molar-refractivity contribution in [2.45, 2.75) is 37.4 Å². The minimum Gasteiger partial charge on any atom is -0.440 e. The molecule has 6 nitrogen and oxygen atoms in total. The van der Waals surface area contributed by atoms with Crippen molar-refractivity contribution in [1.29, 1.82) is 0 Å². The Morgan fingerprint density at radius 3 is 1.93 bits per heavy atom. The first-order valence-electron chi connectivity index (χ1n) is 4.14. The van der Waals surface area contributed by atoms with Crippen LogP contribution in [0, 0.1) is 0 Å². The lowest BCUT2D eigenvalue weighted by atomic mass is 9.99. The smallest absolute Gasteiger partial charge is 0.283 e. The second-order valence-corrected chi connectivity index (χ2v) is 3.07. The SMILES string of the molecule is [B]OC(C(O)CO)[C@@H](O)C(O)[C@H](C)O. The van der Waals surface area contributed by atoms with Gasteiger partial charge in [-0.2, -0.15) is 0 Å². The molecule has 0 aliphatic carbocycles. The summed E-state index contributed by atoms with van der Waals surface area (Å²) in [7, 11) is 4.76. The molecule has 7 heteroatoms. The highest BCUT2D eigenvalue weighted by Crippen LogP contribution is 2.10. The first-order valence-corrected chi connectivity index (χ1v) is 4.14. The van der Waals surface area contributed by atoms with Gasteiger partial charge in [0.05, 0.1) is 18.8 Å². The fourth-order valence-corrected chi connectivity index (χ4v) is 0.982. The Morgan fingerprint density at radius 1 is 1.14 bits per heavy atom. The van der Waals surface area contributed by atoms with Gasteiger partial charge < -0.3 is 30.2 Å². The van der Waals surface area contributed by atoms with Crippen LogP contribution in [0.2, 0.25) is 0 Å². The lowest BCUT2D eigenvalue weighted by Gasteiger charge is -2.30. The topological polar surface area (TPSA) is 110 Å². The van der Waals surface area contributed by atoms with E-state index in [4.69, 9.17) is 23.4 Å². The van der Waals surface area contributed by atoms with Gasteiger partial charge in [-0.1, -0.05) is 0 Å². The third-order valence-electron chi connectivity index (χ3n) is 1.90. The molecule has 2 radical (unpaired) electrons. The largest absolute Gasteiger partial charge is 0.440 e. The van der Waals surface area contributed by atoms with Crippen molar-refractivity contribution >= 4 is 8.05 Å². The van der Waals surface area contributed by atoms with Crippen molar-refractivity contribution in [2.24, 2.45) is 0 Å². The van der Waals surface area contributed by atoms with Gasteiger partial charge in [0.15, 0.2) is 0 Å². The predicted molar refractivity (Wildman–Crippen MR) is 47.4 cm³/mol. The molecular formula is C7H15BO6. The Kier molecular flexibility index (Phi) is 6.26. The van der Waals surface area contributed by atoms with Crippen LogP contribution in [0.3, 0.4) is 0 Å². The molecule has 0 saturated heterocycles. The zero-order valence-corrected chi connectivity index (χ0v) is 7.82. The van der Waals surface area contributed by atoms with Crippen molar-refractivity contribution in [3.63, 3.8) is 0 Å². The number of hydrogen-bond acceptors (Lipinski definition) is 6. The Hall–Kier alpha value is -0.175. The van der Waals surface area contributed by atoms with Crippen LogP contribution >= 0.6 is 0 Å². The highest BCUT2D eigenvalue weighted by molar-refractivity contribution is 5.98. The van der Waals surface area contributed by atoms with E-state index in [2.05, 4.69) is 4.65 Å². The van der Waals surface area contributed by atoms with E-state index in [1.165, 1.54) is 6.92 Å². The zero-order chi connectivity index (χ0) is 11.3. The summed E-state index contributed by atoms with van der Waals surface area (Å²) in [4.78, 5) is 0. The molecular weight excluding hydrogens is 191 g/mol. The van der Waals surface area contributed by atoms with Gasteiger partial charge in [-0.3, -0.25) is 0 Å². The quantitative estimate of drug-likeness (QED) is 0.294. The van der Waals surface area contributed by atoms with E-state index >= 15 is 0 Å². The summed E-state index contributed by atoms with van der Waals surface area (Å²) in [6, 6.07) is 0. The average molecular weight is 206 g/mol. The molecule has 5 N–H and O–H groups in total. The van der Waals surface area contributed by atoms with Gasteiger partial charge in [0.2, 0.25) is 0 Å². The van der Waals surface area contributed by atoms with Gasteiger partial charge in [-0.15, -0.1) is 0 Å². The molecule has 0 saturated carbocycles. The maximum absolute atomic E-state index is 9.36. The fourth-order valence-electron chi connectivity index (χ4n) is 0.982. The first kappa shape index (κ1) is 13.8. The minimum atomic E-state index is -1.58. The molecule has 0 aromatic carbocycles. The van der Waals surface area contributed by atoms with Gasteiger partial charge in [0.25, 0.3) is 8.05 Å². The summed E-state index contributed by atoms with van der Waals surface area (Å²) < 4.78 is 4.20. The van der Waals surface area contributed by atoms with Crippen molar-refractivity contribution in [3.8, 4) is 0 Å². The Balaban J connectivity index is 4.37. The van der Waals surface area contributed by atoms with Crippen molar-refractivity contribution in [2.75, 3.05) is 6.61 Å². The van der Waals surface area contributed by atoms with Gasteiger partial charge in [-0.25, -0.2) is 0 Å². The van der Waals surface area contributed by atoms with Crippen LogP contribution in [0.4, 0.5) is 0 Å². The van der Waals surface area contributed by atoms with Gasteiger partial charge in [0, 0.05) is 0 Å². The summed E-state index contributed by atoms with van der Waals surface area (Å²) in [5.41, 5.74) is 0. The average Bonchev–Trinajstić information content (AvgIpc) is 2.16. The van der Waals surface area contributed by atoms with Gasteiger partial charge >= 0.3 is 0 Å². The maximum atomic E-state index is 9.36. The molecule has 0 heterocycles. The molecule has 5 atom stereocenters. The van der Waals surface area contributed by atoms with Crippen LogP contribution in [0.5, 0.6) is 0 Å². The molecule has 3 unspecified atom stereocenters. The third-order valence-corrected chi connectivity index (χ3v) is 1.90. The Labute approximate surface area is 83.2 Å². The van der Waals surface area contributed by atoms with Crippen molar-refractivity contribution < 1.29 is 30.2 Å². The van der Waals surface area contributed by atoms with Crippen LogP contribution in [0.15, 0.2) is 0 Å². The fraction of sp³-hybridized carbons (Fsp3) is 1.00.